The molecule has 0 heterocycles. The molecule has 0 amide bonds. The minimum Gasteiger partial charge on any atom is -0.309 e. The zero-order valence-corrected chi connectivity index (χ0v) is 12.2. The second-order valence-electron chi connectivity index (χ2n) is 4.68. The van der Waals surface area contributed by atoms with Crippen LogP contribution in [0.4, 0.5) is 13.2 Å². The van der Waals surface area contributed by atoms with Crippen LogP contribution in [0.2, 0.25) is 0 Å². The van der Waals surface area contributed by atoms with E-state index in [1.807, 2.05) is 0 Å². The zero-order valence-electron chi connectivity index (χ0n) is 11.4. The molecule has 1 rings (SSSR count). The molecule has 3 nitrogen and oxygen atoms in total. The van der Waals surface area contributed by atoms with Crippen molar-refractivity contribution >= 4 is 9.84 Å². The molecule has 0 aliphatic carbocycles. The van der Waals surface area contributed by atoms with Gasteiger partial charge in [0.05, 0.1) is 11.3 Å². The Morgan fingerprint density at radius 3 is 2.20 bits per heavy atom. The molecule has 0 saturated heterocycles. The molecule has 1 atom stereocenters. The van der Waals surface area contributed by atoms with Crippen LogP contribution in [0.3, 0.4) is 0 Å². The topological polar surface area (TPSA) is 46.2 Å². The average molecular weight is 309 g/mol. The standard InChI is InChI=1S/C13H18F3NO2S/c1-3-20(18,19)9-10(2)17-8-11-4-6-12(7-5-11)13(14,15)16/h4-7,10,17H,3,8-9H2,1-2H3. The summed E-state index contributed by atoms with van der Waals surface area (Å²) in [6.07, 6.45) is -4.34. The molecule has 0 spiro atoms. The van der Waals surface area contributed by atoms with Gasteiger partial charge in [-0.3, -0.25) is 0 Å². The number of alkyl halides is 3. The smallest absolute Gasteiger partial charge is 0.309 e. The maximum absolute atomic E-state index is 12.4. The maximum Gasteiger partial charge on any atom is 0.416 e. The molecule has 114 valence electrons. The summed E-state index contributed by atoms with van der Waals surface area (Å²) in [5.41, 5.74) is -0.0124. The van der Waals surface area contributed by atoms with Crippen LogP contribution in [0.5, 0.6) is 0 Å². The zero-order chi connectivity index (χ0) is 15.4. The first kappa shape index (κ1) is 17.0. The molecule has 1 aromatic carbocycles. The van der Waals surface area contributed by atoms with Gasteiger partial charge in [0, 0.05) is 18.3 Å². The van der Waals surface area contributed by atoms with E-state index in [0.717, 1.165) is 12.1 Å². The van der Waals surface area contributed by atoms with Crippen LogP contribution >= 0.6 is 0 Å². The van der Waals surface area contributed by atoms with Crippen molar-refractivity contribution in [2.24, 2.45) is 0 Å². The molecule has 0 aliphatic heterocycles. The molecule has 0 aliphatic rings. The Morgan fingerprint density at radius 2 is 1.75 bits per heavy atom. The molecule has 20 heavy (non-hydrogen) atoms. The lowest BCUT2D eigenvalue weighted by atomic mass is 10.1. The Hall–Kier alpha value is -1.08. The molecular formula is C13H18F3NO2S. The van der Waals surface area contributed by atoms with Gasteiger partial charge in [0.1, 0.15) is 0 Å². The van der Waals surface area contributed by atoms with Gasteiger partial charge >= 0.3 is 6.18 Å². The van der Waals surface area contributed by atoms with Crippen molar-refractivity contribution in [3.05, 3.63) is 35.4 Å². The lowest BCUT2D eigenvalue weighted by molar-refractivity contribution is -0.137. The molecule has 0 aromatic heterocycles. The summed E-state index contributed by atoms with van der Waals surface area (Å²) in [7, 11) is -3.06. The minimum atomic E-state index is -4.34. The number of halogens is 3. The van der Waals surface area contributed by atoms with Crippen LogP contribution < -0.4 is 5.32 Å². The predicted octanol–water partition coefficient (Wildman–Crippen LogP) is 2.62. The first-order chi connectivity index (χ1) is 9.14. The number of rotatable bonds is 6. The molecule has 0 radical (unpaired) electrons. The monoisotopic (exact) mass is 309 g/mol. The number of sulfone groups is 1. The lowest BCUT2D eigenvalue weighted by Crippen LogP contribution is -2.33. The minimum absolute atomic E-state index is 0.0180. The molecule has 7 heteroatoms. The van der Waals surface area contributed by atoms with Gasteiger partial charge in [0.2, 0.25) is 0 Å². The van der Waals surface area contributed by atoms with Gasteiger partial charge in [-0.2, -0.15) is 13.2 Å². The third-order valence-corrected chi connectivity index (χ3v) is 4.77. The quantitative estimate of drug-likeness (QED) is 0.878. The SMILES string of the molecule is CCS(=O)(=O)CC(C)NCc1ccc(C(F)(F)F)cc1. The fourth-order valence-corrected chi connectivity index (χ4v) is 2.78. The van der Waals surface area contributed by atoms with Gasteiger partial charge in [0.15, 0.2) is 9.84 Å². The normalized spacial score (nSPS) is 14.2. The molecule has 0 fully saturated rings. The molecule has 0 saturated carbocycles. The fourth-order valence-electron chi connectivity index (χ4n) is 1.66. The highest BCUT2D eigenvalue weighted by Gasteiger charge is 2.29. The van der Waals surface area contributed by atoms with E-state index in [4.69, 9.17) is 0 Å². The van der Waals surface area contributed by atoms with Crippen LogP contribution in [0.1, 0.15) is 25.0 Å². The predicted molar refractivity (Wildman–Crippen MR) is 72.1 cm³/mol. The largest absolute Gasteiger partial charge is 0.416 e. The summed E-state index contributed by atoms with van der Waals surface area (Å²) in [4.78, 5) is 0. The molecule has 1 N–H and O–H groups in total. The second-order valence-corrected chi connectivity index (χ2v) is 7.07. The van der Waals surface area contributed by atoms with Crippen molar-refractivity contribution < 1.29 is 21.6 Å². The van der Waals surface area contributed by atoms with Gasteiger partial charge in [-0.05, 0) is 24.6 Å². The van der Waals surface area contributed by atoms with Crippen LogP contribution in [0, 0.1) is 0 Å². The second kappa shape index (κ2) is 6.58. The Morgan fingerprint density at radius 1 is 1.20 bits per heavy atom. The number of hydrogen-bond acceptors (Lipinski definition) is 3. The highest BCUT2D eigenvalue weighted by molar-refractivity contribution is 7.91. The van der Waals surface area contributed by atoms with Gasteiger partial charge in [-0.15, -0.1) is 0 Å². The van der Waals surface area contributed by atoms with Crippen molar-refractivity contribution in [3.63, 3.8) is 0 Å². The summed E-state index contributed by atoms with van der Waals surface area (Å²) in [5.74, 6) is 0.101. The summed E-state index contributed by atoms with van der Waals surface area (Å²) >= 11 is 0. The average Bonchev–Trinajstić information content (AvgIpc) is 2.35. The van der Waals surface area contributed by atoms with E-state index in [1.165, 1.54) is 12.1 Å². The Bertz CT molecular complexity index is 524. The molecule has 1 aromatic rings. The van der Waals surface area contributed by atoms with E-state index in [9.17, 15) is 21.6 Å². The third kappa shape index (κ3) is 5.50. The van der Waals surface area contributed by atoms with Crippen molar-refractivity contribution in [1.82, 2.24) is 5.32 Å². The van der Waals surface area contributed by atoms with Gasteiger partial charge in [-0.1, -0.05) is 19.1 Å². The number of nitrogens with one attached hydrogen (secondary N) is 1. The van der Waals surface area contributed by atoms with Gasteiger partial charge < -0.3 is 5.32 Å². The molecule has 1 unspecified atom stereocenters. The molecular weight excluding hydrogens is 291 g/mol. The summed E-state index contributed by atoms with van der Waals surface area (Å²) < 4.78 is 60.0. The molecule has 0 bridgehead atoms. The summed E-state index contributed by atoms with van der Waals surface area (Å²) in [6.45, 7) is 3.65. The first-order valence-electron chi connectivity index (χ1n) is 6.24. The highest BCUT2D eigenvalue weighted by Crippen LogP contribution is 2.29. The third-order valence-electron chi connectivity index (χ3n) is 2.88. The first-order valence-corrected chi connectivity index (χ1v) is 8.06. The van der Waals surface area contributed by atoms with E-state index in [-0.39, 0.29) is 17.5 Å². The van der Waals surface area contributed by atoms with E-state index < -0.39 is 21.6 Å². The Balaban J connectivity index is 2.54. The van der Waals surface area contributed by atoms with Gasteiger partial charge in [-0.25, -0.2) is 8.42 Å². The lowest BCUT2D eigenvalue weighted by Gasteiger charge is -2.14. The highest BCUT2D eigenvalue weighted by atomic mass is 32.2. The number of benzene rings is 1. The van der Waals surface area contributed by atoms with Crippen molar-refractivity contribution in [3.8, 4) is 0 Å². The summed E-state index contributed by atoms with van der Waals surface area (Å²) in [5, 5.41) is 2.99. The van der Waals surface area contributed by atoms with Crippen molar-refractivity contribution in [2.45, 2.75) is 32.6 Å². The van der Waals surface area contributed by atoms with Crippen LogP contribution in [-0.2, 0) is 22.6 Å². The number of hydrogen-bond donors (Lipinski definition) is 1. The van der Waals surface area contributed by atoms with Gasteiger partial charge in [0.25, 0.3) is 0 Å². The fraction of sp³-hybridized carbons (Fsp3) is 0.538. The van der Waals surface area contributed by atoms with Crippen LogP contribution in [-0.4, -0.2) is 26.0 Å². The van der Waals surface area contributed by atoms with E-state index in [0.29, 0.717) is 12.1 Å². The van der Waals surface area contributed by atoms with Crippen LogP contribution in [0.15, 0.2) is 24.3 Å². The van der Waals surface area contributed by atoms with Crippen LogP contribution in [0.25, 0.3) is 0 Å². The van der Waals surface area contributed by atoms with Crippen molar-refractivity contribution in [1.29, 1.82) is 0 Å². The van der Waals surface area contributed by atoms with E-state index in [2.05, 4.69) is 5.32 Å². The summed E-state index contributed by atoms with van der Waals surface area (Å²) in [6, 6.07) is 4.56. The van der Waals surface area contributed by atoms with Crippen molar-refractivity contribution in [2.75, 3.05) is 11.5 Å². The van der Waals surface area contributed by atoms with E-state index in [1.54, 1.807) is 13.8 Å². The van der Waals surface area contributed by atoms with E-state index >= 15 is 0 Å². The Kier molecular flexibility index (Phi) is 5.59. The maximum atomic E-state index is 12.4. The Labute approximate surface area is 117 Å².